The number of allylic oxidation sites excluding steroid dienone is 1. The Balaban J connectivity index is -0.0000000534. The molecule has 1 fully saturated rings. The van der Waals surface area contributed by atoms with Crippen LogP contribution in [0.25, 0.3) is 0 Å². The van der Waals surface area contributed by atoms with Gasteiger partial charge in [0.2, 0.25) is 0 Å². The standard InChI is InChI=1S/C21H30O2.13CH4/c1-5-6-7-8-15-11-17(22)20-18(12-15)23-21-14(4)9-10-16(13(2)3)19(20)21;;;;;;;;;;;;;/h11-12,14,16,19,21-22H,2,5-10H2,1,3-4H3;13*1H4. The van der Waals surface area contributed by atoms with Crippen molar-refractivity contribution in [3.63, 3.8) is 0 Å². The molecule has 36 heavy (non-hydrogen) atoms. The van der Waals surface area contributed by atoms with Gasteiger partial charge in [-0.1, -0.05) is 135 Å². The average Bonchev–Trinajstić information content (AvgIpc) is 2.88. The van der Waals surface area contributed by atoms with E-state index in [1.165, 1.54) is 36.8 Å². The first-order chi connectivity index (χ1) is 11.0. The molecule has 1 aliphatic heterocycles. The molecule has 0 amide bonds. The predicted octanol–water partition coefficient (Wildman–Crippen LogP) is 13.9. The summed E-state index contributed by atoms with van der Waals surface area (Å²) in [5.41, 5.74) is 3.46. The highest BCUT2D eigenvalue weighted by molar-refractivity contribution is 5.54. The highest BCUT2D eigenvalue weighted by atomic mass is 16.5. The topological polar surface area (TPSA) is 29.5 Å². The maximum absolute atomic E-state index is 10.7. The zero-order valence-electron chi connectivity index (χ0n) is 14.8. The van der Waals surface area contributed by atoms with E-state index in [0.717, 1.165) is 24.2 Å². The van der Waals surface area contributed by atoms with Crippen LogP contribution in [-0.4, -0.2) is 11.2 Å². The maximum Gasteiger partial charge on any atom is 0.127 e. The van der Waals surface area contributed by atoms with E-state index >= 15 is 0 Å². The molecule has 2 heteroatoms. The van der Waals surface area contributed by atoms with Crippen molar-refractivity contribution < 1.29 is 9.84 Å². The third-order valence-corrected chi connectivity index (χ3v) is 5.76. The molecule has 0 aromatic heterocycles. The smallest absolute Gasteiger partial charge is 0.127 e. The molecule has 0 bridgehead atoms. The Morgan fingerprint density at radius 3 is 1.81 bits per heavy atom. The quantitative estimate of drug-likeness (QED) is 0.307. The van der Waals surface area contributed by atoms with Gasteiger partial charge in [0.05, 0.1) is 0 Å². The van der Waals surface area contributed by atoms with Crippen LogP contribution in [0.2, 0.25) is 0 Å². The largest absolute Gasteiger partial charge is 0.508 e. The SMILES string of the molecule is C.C.C.C.C.C.C.C.C.C.C.C.C.C=C(C)C1CCC(C)C2Oc3cc(CCCCC)cc(O)c3C12. The molecule has 2 aliphatic rings. The summed E-state index contributed by atoms with van der Waals surface area (Å²) in [6, 6.07) is 4.14. The predicted molar refractivity (Wildman–Crippen MR) is 183 cm³/mol. The van der Waals surface area contributed by atoms with Gasteiger partial charge in [0.25, 0.3) is 0 Å². The summed E-state index contributed by atoms with van der Waals surface area (Å²) in [5, 5.41) is 10.7. The van der Waals surface area contributed by atoms with E-state index in [1.807, 2.05) is 6.07 Å². The second-order valence-corrected chi connectivity index (χ2v) is 7.60. The summed E-state index contributed by atoms with van der Waals surface area (Å²) in [5.74, 6) is 2.59. The molecule has 0 saturated heterocycles. The summed E-state index contributed by atoms with van der Waals surface area (Å²) in [4.78, 5) is 0. The van der Waals surface area contributed by atoms with Gasteiger partial charge in [0.1, 0.15) is 17.6 Å². The Morgan fingerprint density at radius 2 is 1.36 bits per heavy atom. The molecule has 1 aliphatic carbocycles. The van der Waals surface area contributed by atoms with Crippen LogP contribution in [0.1, 0.15) is 166 Å². The van der Waals surface area contributed by atoms with E-state index in [9.17, 15) is 5.11 Å². The minimum atomic E-state index is 0. The van der Waals surface area contributed by atoms with Gasteiger partial charge in [-0.2, -0.15) is 0 Å². The zero-order chi connectivity index (χ0) is 16.6. The molecule has 0 radical (unpaired) electrons. The second kappa shape index (κ2) is 29.8. The maximum atomic E-state index is 10.7. The molecule has 3 rings (SSSR count). The van der Waals surface area contributed by atoms with E-state index in [4.69, 9.17) is 4.74 Å². The third kappa shape index (κ3) is 13.8. The number of hydrogen-bond donors (Lipinski definition) is 1. The summed E-state index contributed by atoms with van der Waals surface area (Å²) in [6.07, 6.45) is 7.17. The monoisotopic (exact) mass is 523 g/mol. The van der Waals surface area contributed by atoms with Crippen LogP contribution in [0.15, 0.2) is 24.3 Å². The molecular weight excluding hydrogens is 440 g/mol. The summed E-state index contributed by atoms with van der Waals surface area (Å²) < 4.78 is 6.33. The van der Waals surface area contributed by atoms with Crippen molar-refractivity contribution in [2.75, 3.05) is 0 Å². The van der Waals surface area contributed by atoms with Crippen molar-refractivity contribution in [2.24, 2.45) is 11.8 Å². The Morgan fingerprint density at radius 1 is 0.861 bits per heavy atom. The van der Waals surface area contributed by atoms with Crippen LogP contribution in [0.3, 0.4) is 0 Å². The van der Waals surface area contributed by atoms with Gasteiger partial charge in [0.15, 0.2) is 0 Å². The first-order valence-corrected chi connectivity index (χ1v) is 9.20. The molecule has 1 aromatic carbocycles. The fraction of sp³-hybridized carbons (Fsp3) is 0.765. The van der Waals surface area contributed by atoms with Crippen LogP contribution in [0, 0.1) is 11.8 Å². The minimum Gasteiger partial charge on any atom is -0.508 e. The van der Waals surface area contributed by atoms with Crippen molar-refractivity contribution in [1.82, 2.24) is 0 Å². The Labute approximate surface area is 236 Å². The van der Waals surface area contributed by atoms with Gasteiger partial charge >= 0.3 is 0 Å². The molecule has 4 atom stereocenters. The van der Waals surface area contributed by atoms with Crippen LogP contribution >= 0.6 is 0 Å². The van der Waals surface area contributed by atoms with Crippen LogP contribution in [-0.2, 0) is 6.42 Å². The summed E-state index contributed by atoms with van der Waals surface area (Å²) in [7, 11) is 0. The lowest BCUT2D eigenvalue weighted by atomic mass is 9.68. The van der Waals surface area contributed by atoms with E-state index in [0.29, 0.717) is 17.6 Å². The van der Waals surface area contributed by atoms with Crippen molar-refractivity contribution in [3.05, 3.63) is 35.4 Å². The van der Waals surface area contributed by atoms with Crippen LogP contribution in [0.5, 0.6) is 11.5 Å². The van der Waals surface area contributed by atoms with Crippen molar-refractivity contribution >= 4 is 0 Å². The molecule has 0 spiro atoms. The number of benzene rings is 1. The highest BCUT2D eigenvalue weighted by Gasteiger charge is 2.47. The fourth-order valence-electron chi connectivity index (χ4n) is 4.45. The highest BCUT2D eigenvalue weighted by Crippen LogP contribution is 2.55. The molecule has 1 heterocycles. The Hall–Kier alpha value is -1.44. The number of rotatable bonds is 5. The number of hydrogen-bond acceptors (Lipinski definition) is 2. The van der Waals surface area contributed by atoms with Gasteiger partial charge in [-0.05, 0) is 62.1 Å². The van der Waals surface area contributed by atoms with E-state index in [1.54, 1.807) is 0 Å². The number of phenolic OH excluding ortho intramolecular Hbond substituents is 1. The van der Waals surface area contributed by atoms with Gasteiger partial charge in [0, 0.05) is 11.5 Å². The van der Waals surface area contributed by atoms with Crippen LogP contribution in [0.4, 0.5) is 0 Å². The minimum absolute atomic E-state index is 0. The number of ether oxygens (including phenoxy) is 1. The van der Waals surface area contributed by atoms with Gasteiger partial charge < -0.3 is 9.84 Å². The lowest BCUT2D eigenvalue weighted by Gasteiger charge is -2.37. The van der Waals surface area contributed by atoms with Crippen molar-refractivity contribution in [3.8, 4) is 11.5 Å². The lowest BCUT2D eigenvalue weighted by molar-refractivity contribution is 0.0864. The lowest BCUT2D eigenvalue weighted by Crippen LogP contribution is -2.36. The summed E-state index contributed by atoms with van der Waals surface area (Å²) in [6.45, 7) is 10.8. The molecule has 1 aromatic rings. The summed E-state index contributed by atoms with van der Waals surface area (Å²) >= 11 is 0. The number of fused-ring (bicyclic) bond motifs is 3. The fourth-order valence-corrected chi connectivity index (χ4v) is 4.45. The number of aromatic hydroxyl groups is 1. The number of unbranched alkanes of at least 4 members (excludes halogenated alkanes) is 2. The molecular formula is C34H82O2. The zero-order valence-corrected chi connectivity index (χ0v) is 14.8. The second-order valence-electron chi connectivity index (χ2n) is 7.60. The third-order valence-electron chi connectivity index (χ3n) is 5.76. The van der Waals surface area contributed by atoms with E-state index in [-0.39, 0.29) is 109 Å². The van der Waals surface area contributed by atoms with Crippen molar-refractivity contribution in [2.45, 2.75) is 168 Å². The van der Waals surface area contributed by atoms with E-state index < -0.39 is 0 Å². The molecule has 1 saturated carbocycles. The normalized spacial score (nSPS) is 18.4. The van der Waals surface area contributed by atoms with Gasteiger partial charge in [-0.25, -0.2) is 0 Å². The Bertz CT molecular complexity index is 591. The number of phenols is 1. The van der Waals surface area contributed by atoms with Crippen molar-refractivity contribution in [1.29, 1.82) is 0 Å². The molecule has 4 unspecified atom stereocenters. The average molecular weight is 523 g/mol. The molecule has 1 N–H and O–H groups in total. The first kappa shape index (κ1) is 70.1. The molecule has 230 valence electrons. The van der Waals surface area contributed by atoms with E-state index in [2.05, 4.69) is 33.4 Å². The first-order valence-electron chi connectivity index (χ1n) is 9.20. The van der Waals surface area contributed by atoms with Crippen LogP contribution < -0.4 is 4.74 Å². The molecule has 2 nitrogen and oxygen atoms in total. The number of aryl methyl sites for hydroxylation is 1. The Kier molecular flexibility index (Phi) is 58.0. The van der Waals surface area contributed by atoms with Gasteiger partial charge in [-0.15, -0.1) is 0 Å². The van der Waals surface area contributed by atoms with Gasteiger partial charge in [-0.3, -0.25) is 0 Å².